The van der Waals surface area contributed by atoms with Crippen molar-refractivity contribution in [2.24, 2.45) is 0 Å². The predicted octanol–water partition coefficient (Wildman–Crippen LogP) is 5.77. The number of amides is 2. The van der Waals surface area contributed by atoms with Crippen LogP contribution in [0.2, 0.25) is 0 Å². The highest BCUT2D eigenvalue weighted by molar-refractivity contribution is 7.18. The van der Waals surface area contributed by atoms with Crippen molar-refractivity contribution in [3.05, 3.63) is 83.4 Å². The van der Waals surface area contributed by atoms with Gasteiger partial charge in [-0.3, -0.25) is 4.79 Å². The number of fused-ring (bicyclic) bond motifs is 1. The van der Waals surface area contributed by atoms with Gasteiger partial charge in [0.1, 0.15) is 5.69 Å². The van der Waals surface area contributed by atoms with Crippen molar-refractivity contribution in [2.45, 2.75) is 32.4 Å². The minimum Gasteiger partial charge on any atom is -0.454 e. The first kappa shape index (κ1) is 24.7. The Balaban J connectivity index is 1.26. The summed E-state index contributed by atoms with van der Waals surface area (Å²) in [6, 6.07) is 20.8. The molecule has 0 unspecified atom stereocenters. The molecule has 0 spiro atoms. The minimum atomic E-state index is -0.592. The van der Waals surface area contributed by atoms with Crippen LogP contribution in [0, 0.1) is 6.92 Å². The van der Waals surface area contributed by atoms with Gasteiger partial charge >= 0.3 is 6.09 Å². The third-order valence-corrected chi connectivity index (χ3v) is 7.21. The fraction of sp³-hybridized carbons (Fsp3) is 0.207. The molecule has 6 rings (SSSR count). The van der Waals surface area contributed by atoms with Gasteiger partial charge in [0.2, 0.25) is 11.9 Å². The van der Waals surface area contributed by atoms with E-state index < -0.39 is 6.09 Å². The van der Waals surface area contributed by atoms with E-state index in [2.05, 4.69) is 16.0 Å². The number of anilines is 2. The van der Waals surface area contributed by atoms with Gasteiger partial charge in [0.25, 0.3) is 5.91 Å². The van der Waals surface area contributed by atoms with Crippen LogP contribution in [0.15, 0.2) is 66.7 Å². The second-order valence-electron chi connectivity index (χ2n) is 9.35. The Kier molecular flexibility index (Phi) is 6.76. The van der Waals surface area contributed by atoms with Crippen LogP contribution in [-0.4, -0.2) is 29.8 Å². The first-order chi connectivity index (χ1) is 19.0. The summed E-state index contributed by atoms with van der Waals surface area (Å²) in [7, 11) is 0. The van der Waals surface area contributed by atoms with Crippen molar-refractivity contribution < 1.29 is 23.8 Å². The largest absolute Gasteiger partial charge is 0.454 e. The minimum absolute atomic E-state index is 0.0974. The van der Waals surface area contributed by atoms with Gasteiger partial charge in [0.15, 0.2) is 16.6 Å². The van der Waals surface area contributed by atoms with Gasteiger partial charge in [-0.2, -0.15) is 0 Å². The fourth-order valence-corrected chi connectivity index (χ4v) is 4.91. The zero-order valence-corrected chi connectivity index (χ0v) is 22.0. The molecular weight excluding hydrogens is 516 g/mol. The smallest absolute Gasteiger partial charge is 0.413 e. The molecule has 0 radical (unpaired) electrons. The summed E-state index contributed by atoms with van der Waals surface area (Å²) in [6.45, 7) is 2.43. The van der Waals surface area contributed by atoms with Crippen LogP contribution < -0.4 is 30.2 Å². The van der Waals surface area contributed by atoms with E-state index in [0.717, 1.165) is 29.7 Å². The van der Waals surface area contributed by atoms with Gasteiger partial charge in [-0.05, 0) is 61.2 Å². The molecule has 2 aliphatic rings. The van der Waals surface area contributed by atoms with E-state index >= 15 is 0 Å². The molecule has 39 heavy (non-hydrogen) atoms. The molecule has 1 aliphatic carbocycles. The Morgan fingerprint density at radius 1 is 1.03 bits per heavy atom. The Bertz CT molecular complexity index is 1530. The average molecular weight is 543 g/mol. The SMILES string of the molecule is Cc1ccc(C(=O)NC2CC2)cc1Nc1nc(-c2ccc3c(c2)OCO3)c(OC(=O)NCc2ccccc2)s1. The molecule has 1 saturated carbocycles. The van der Waals surface area contributed by atoms with Crippen molar-refractivity contribution in [2.75, 3.05) is 12.1 Å². The molecule has 0 bridgehead atoms. The Morgan fingerprint density at radius 2 is 1.85 bits per heavy atom. The summed E-state index contributed by atoms with van der Waals surface area (Å²) in [5.74, 6) is 1.15. The Morgan fingerprint density at radius 3 is 2.67 bits per heavy atom. The van der Waals surface area contributed by atoms with Gasteiger partial charge in [0, 0.05) is 29.4 Å². The van der Waals surface area contributed by atoms with Crippen molar-refractivity contribution in [3.8, 4) is 27.8 Å². The summed E-state index contributed by atoms with van der Waals surface area (Å²) in [5, 5.41) is 9.94. The number of nitrogens with zero attached hydrogens (tertiary/aromatic N) is 1. The number of hydrogen-bond acceptors (Lipinski definition) is 8. The molecule has 1 aromatic heterocycles. The number of rotatable bonds is 8. The number of aromatic nitrogens is 1. The highest BCUT2D eigenvalue weighted by atomic mass is 32.1. The predicted molar refractivity (Wildman–Crippen MR) is 148 cm³/mol. The quantitative estimate of drug-likeness (QED) is 0.259. The first-order valence-corrected chi connectivity index (χ1v) is 13.4. The molecule has 9 nitrogen and oxygen atoms in total. The average Bonchev–Trinajstić information content (AvgIpc) is 3.48. The van der Waals surface area contributed by atoms with Crippen LogP contribution in [0.1, 0.15) is 34.3 Å². The molecule has 0 atom stereocenters. The van der Waals surface area contributed by atoms with Crippen LogP contribution in [0.5, 0.6) is 16.6 Å². The lowest BCUT2D eigenvalue weighted by Crippen LogP contribution is -2.26. The van der Waals surface area contributed by atoms with E-state index in [-0.39, 0.29) is 18.7 Å². The molecule has 1 aliphatic heterocycles. The zero-order valence-electron chi connectivity index (χ0n) is 21.2. The Labute approximate surface area is 229 Å². The van der Waals surface area contributed by atoms with Crippen molar-refractivity contribution >= 4 is 34.2 Å². The molecule has 3 N–H and O–H groups in total. The second kappa shape index (κ2) is 10.7. The molecule has 3 aromatic carbocycles. The van der Waals surface area contributed by atoms with E-state index in [1.54, 1.807) is 6.07 Å². The highest BCUT2D eigenvalue weighted by Crippen LogP contribution is 2.43. The fourth-order valence-electron chi connectivity index (χ4n) is 4.05. The molecule has 198 valence electrons. The third-order valence-electron chi connectivity index (χ3n) is 6.36. The summed E-state index contributed by atoms with van der Waals surface area (Å²) in [5.41, 5.74) is 4.41. The topological polar surface area (TPSA) is 111 Å². The zero-order chi connectivity index (χ0) is 26.8. The van der Waals surface area contributed by atoms with Crippen LogP contribution in [0.3, 0.4) is 0 Å². The van der Waals surface area contributed by atoms with E-state index in [4.69, 9.17) is 19.2 Å². The number of carbonyl (C=O) groups excluding carboxylic acids is 2. The highest BCUT2D eigenvalue weighted by Gasteiger charge is 2.25. The summed E-state index contributed by atoms with van der Waals surface area (Å²) >= 11 is 1.20. The standard InChI is InChI=1S/C29H26N4O5S/c1-17-7-8-20(26(34)31-21-10-11-21)13-22(17)32-28-33-25(19-9-12-23-24(14-19)37-16-36-23)27(39-28)38-29(35)30-15-18-5-3-2-4-6-18/h2-9,12-14,21H,10-11,15-16H2,1H3,(H,30,35)(H,31,34)(H,32,33). The normalized spacial score (nSPS) is 13.6. The van der Waals surface area contributed by atoms with Gasteiger partial charge < -0.3 is 30.2 Å². The lowest BCUT2D eigenvalue weighted by atomic mass is 10.1. The monoisotopic (exact) mass is 542 g/mol. The summed E-state index contributed by atoms with van der Waals surface area (Å²) < 4.78 is 16.7. The van der Waals surface area contributed by atoms with Crippen LogP contribution in [-0.2, 0) is 6.54 Å². The van der Waals surface area contributed by atoms with Crippen molar-refractivity contribution in [1.82, 2.24) is 15.6 Å². The molecule has 2 amide bonds. The number of ether oxygens (including phenoxy) is 3. The maximum atomic E-state index is 12.7. The lowest BCUT2D eigenvalue weighted by molar-refractivity contribution is 0.0951. The molecule has 1 fully saturated rings. The summed E-state index contributed by atoms with van der Waals surface area (Å²) in [4.78, 5) is 30.1. The van der Waals surface area contributed by atoms with E-state index in [9.17, 15) is 9.59 Å². The van der Waals surface area contributed by atoms with E-state index in [1.807, 2.05) is 67.6 Å². The summed E-state index contributed by atoms with van der Waals surface area (Å²) in [6.07, 6.45) is 1.45. The van der Waals surface area contributed by atoms with Crippen LogP contribution in [0.4, 0.5) is 15.6 Å². The van der Waals surface area contributed by atoms with Gasteiger partial charge in [-0.15, -0.1) is 0 Å². The van der Waals surface area contributed by atoms with Crippen LogP contribution >= 0.6 is 11.3 Å². The number of aryl methyl sites for hydroxylation is 1. The number of carbonyl (C=O) groups is 2. The van der Waals surface area contributed by atoms with Gasteiger partial charge in [-0.25, -0.2) is 9.78 Å². The van der Waals surface area contributed by atoms with Gasteiger partial charge in [-0.1, -0.05) is 47.7 Å². The van der Waals surface area contributed by atoms with E-state index in [1.165, 1.54) is 11.3 Å². The van der Waals surface area contributed by atoms with Crippen molar-refractivity contribution in [3.63, 3.8) is 0 Å². The maximum Gasteiger partial charge on any atom is 0.413 e. The molecule has 2 heterocycles. The van der Waals surface area contributed by atoms with E-state index in [0.29, 0.717) is 45.1 Å². The molecule has 0 saturated heterocycles. The maximum absolute atomic E-state index is 12.7. The second-order valence-corrected chi connectivity index (χ2v) is 10.3. The number of hydrogen-bond donors (Lipinski definition) is 3. The third kappa shape index (κ3) is 5.80. The molecule has 10 heteroatoms. The first-order valence-electron chi connectivity index (χ1n) is 12.6. The Hall–Kier alpha value is -4.57. The number of nitrogens with one attached hydrogen (secondary N) is 3. The molecular formula is C29H26N4O5S. The van der Waals surface area contributed by atoms with Crippen LogP contribution in [0.25, 0.3) is 11.3 Å². The van der Waals surface area contributed by atoms with Gasteiger partial charge in [0.05, 0.1) is 0 Å². The van der Waals surface area contributed by atoms with Crippen molar-refractivity contribution in [1.29, 1.82) is 0 Å². The number of benzene rings is 3. The number of thiazole rings is 1. The lowest BCUT2D eigenvalue weighted by Gasteiger charge is -2.10. The molecule has 4 aromatic rings.